The molecule has 6 aliphatic heterocycles. The van der Waals surface area contributed by atoms with Crippen molar-refractivity contribution < 1.29 is 19.2 Å². The fourth-order valence-corrected chi connectivity index (χ4v) is 23.1. The number of amides is 4. The zero-order chi connectivity index (χ0) is 28.5. The molecule has 10 heteroatoms. The number of anilines is 1. The molecule has 0 bridgehead atoms. The summed E-state index contributed by atoms with van der Waals surface area (Å²) in [6.07, 6.45) is 7.25. The van der Waals surface area contributed by atoms with E-state index in [0.717, 1.165) is 79.1 Å². The van der Waals surface area contributed by atoms with Crippen LogP contribution in [0.4, 0.5) is 5.69 Å². The van der Waals surface area contributed by atoms with Crippen molar-refractivity contribution in [3.63, 3.8) is 0 Å². The van der Waals surface area contributed by atoms with Crippen molar-refractivity contribution in [3.05, 3.63) is 59.4 Å². The van der Waals surface area contributed by atoms with Gasteiger partial charge in [0.25, 0.3) is 5.91 Å². The maximum absolute atomic E-state index is 13.6. The van der Waals surface area contributed by atoms with E-state index >= 15 is 0 Å². The Hall–Kier alpha value is -3.28. The molecule has 2 aromatic carbocycles. The molecule has 4 amide bonds. The third-order valence-electron chi connectivity index (χ3n) is 12.4. The molecule has 3 aliphatic carbocycles. The average Bonchev–Trinajstić information content (AvgIpc) is 3.61. The molecule has 1 N–H and O–H groups in total. The molecular weight excluding hydrogens is 657 g/mol. The van der Waals surface area contributed by atoms with Gasteiger partial charge in [-0.3, -0.25) is 24.6 Å². The molecule has 12 rings (SSSR count). The van der Waals surface area contributed by atoms with E-state index in [1.54, 1.807) is 4.90 Å². The maximum Gasteiger partial charge on any atom is 0.249 e. The first kappa shape index (κ1) is 24.1. The molecular formula is C33H30IN5O4. The minimum Gasteiger partial charge on any atom is -0.295 e. The zero-order valence-electron chi connectivity index (χ0n) is 23.4. The number of likely N-dealkylation sites (tertiary alicyclic amines) is 1. The Morgan fingerprint density at radius 1 is 1.05 bits per heavy atom. The third-order valence-corrected chi connectivity index (χ3v) is 22.6. The Morgan fingerprint density at radius 2 is 1.86 bits per heavy atom. The van der Waals surface area contributed by atoms with E-state index in [2.05, 4.69) is 21.1 Å². The minimum absolute atomic E-state index is 0.170. The van der Waals surface area contributed by atoms with Crippen LogP contribution in [0.1, 0.15) is 53.2 Å². The number of benzene rings is 2. The van der Waals surface area contributed by atoms with Gasteiger partial charge in [0.1, 0.15) is 6.04 Å². The number of alkyl halides is 3. The molecule has 9 aliphatic rings. The molecule has 3 aromatic rings. The number of carbonyl (C=O) groups excluding carboxylic acids is 4. The SMILES string of the molecule is O=C1CCC(N2C(=O)c3cccc4c(Cc5cnn(C6CCN(C(=O)C78C9C%10C%11C9C7I%11C%108)CC6)c5)ccc2c34)C(=O)N1. The summed E-state index contributed by atoms with van der Waals surface area (Å²) < 4.78 is 5.14. The van der Waals surface area contributed by atoms with E-state index in [0.29, 0.717) is 30.4 Å². The normalized spacial score (nSPS) is 38.2. The quantitative estimate of drug-likeness (QED) is 0.253. The van der Waals surface area contributed by atoms with Crippen LogP contribution in [0, 0.1) is 23.2 Å². The zero-order valence-corrected chi connectivity index (χ0v) is 25.6. The number of aromatic nitrogens is 2. The van der Waals surface area contributed by atoms with Gasteiger partial charge in [-0.05, 0) is 23.9 Å². The van der Waals surface area contributed by atoms with E-state index in [-0.39, 0.29) is 23.7 Å². The smallest absolute Gasteiger partial charge is 0.249 e. The Labute approximate surface area is 254 Å². The van der Waals surface area contributed by atoms with Gasteiger partial charge in [-0.15, -0.1) is 0 Å². The number of nitrogens with zero attached hydrogens (tertiary/aromatic N) is 4. The molecule has 1 aromatic heterocycles. The monoisotopic (exact) mass is 687 g/mol. The number of hydrogen-bond acceptors (Lipinski definition) is 5. The van der Waals surface area contributed by atoms with Gasteiger partial charge in [-0.2, -0.15) is 0 Å². The van der Waals surface area contributed by atoms with Crippen molar-refractivity contribution in [1.29, 1.82) is 0 Å². The Balaban J connectivity index is 0.810. The fourth-order valence-electron chi connectivity index (χ4n) is 10.7. The summed E-state index contributed by atoms with van der Waals surface area (Å²) in [7, 11) is 0. The van der Waals surface area contributed by atoms with Gasteiger partial charge in [-0.1, -0.05) is 18.2 Å². The van der Waals surface area contributed by atoms with Crippen molar-refractivity contribution in [2.45, 2.75) is 56.0 Å². The molecule has 5 unspecified atom stereocenters. The van der Waals surface area contributed by atoms with Gasteiger partial charge < -0.3 is 0 Å². The Kier molecular flexibility index (Phi) is 4.30. The first-order valence-electron chi connectivity index (χ1n) is 15.7. The molecule has 8 fully saturated rings. The van der Waals surface area contributed by atoms with E-state index in [9.17, 15) is 19.2 Å². The van der Waals surface area contributed by atoms with Crippen molar-refractivity contribution >= 4 is 59.9 Å². The number of halogens is 1. The first-order chi connectivity index (χ1) is 21.0. The molecule has 0 spiro atoms. The third kappa shape index (κ3) is 2.53. The van der Waals surface area contributed by atoms with Crippen LogP contribution in [0.2, 0.25) is 0 Å². The molecule has 0 radical (unpaired) electrons. The van der Waals surface area contributed by atoms with Crippen LogP contribution in [0.5, 0.6) is 0 Å². The van der Waals surface area contributed by atoms with Crippen LogP contribution >= 0.6 is 19.8 Å². The van der Waals surface area contributed by atoms with E-state index in [1.165, 1.54) is 3.92 Å². The van der Waals surface area contributed by atoms with Crippen LogP contribution < -0.4 is 10.2 Å². The summed E-state index contributed by atoms with van der Waals surface area (Å²) in [4.78, 5) is 55.2. The molecule has 218 valence electrons. The van der Waals surface area contributed by atoms with Crippen molar-refractivity contribution in [3.8, 4) is 0 Å². The van der Waals surface area contributed by atoms with Gasteiger partial charge in [0.15, 0.2) is 0 Å². The molecule has 5 saturated heterocycles. The predicted molar refractivity (Wildman–Crippen MR) is 165 cm³/mol. The molecule has 9 nitrogen and oxygen atoms in total. The van der Waals surface area contributed by atoms with Gasteiger partial charge >= 0.3 is 142 Å². The Morgan fingerprint density at radius 3 is 2.60 bits per heavy atom. The molecule has 3 saturated carbocycles. The summed E-state index contributed by atoms with van der Waals surface area (Å²) in [6.45, 7) is 1.71. The van der Waals surface area contributed by atoms with Gasteiger partial charge in [0.05, 0.1) is 5.69 Å². The number of piperidine rings is 2. The molecule has 5 atom stereocenters. The topological polar surface area (TPSA) is 105 Å². The van der Waals surface area contributed by atoms with E-state index < -0.39 is 31.8 Å². The number of rotatable bonds is 5. The minimum atomic E-state index is -0.686. The van der Waals surface area contributed by atoms with E-state index in [4.69, 9.17) is 5.10 Å². The fraction of sp³-hybridized carbons (Fsp3) is 0.485. The second-order valence-electron chi connectivity index (χ2n) is 13.9. The van der Waals surface area contributed by atoms with Crippen LogP contribution in [0.25, 0.3) is 10.8 Å². The summed E-state index contributed by atoms with van der Waals surface area (Å²) >= 11 is -0.649. The predicted octanol–water partition coefficient (Wildman–Crippen LogP) is 3.07. The second-order valence-corrected chi connectivity index (χ2v) is 20.2. The average molecular weight is 688 g/mol. The van der Waals surface area contributed by atoms with Crippen LogP contribution in [0.3, 0.4) is 0 Å². The van der Waals surface area contributed by atoms with Crippen LogP contribution in [0.15, 0.2) is 42.7 Å². The van der Waals surface area contributed by atoms with Crippen LogP contribution in [-0.4, -0.2) is 69.2 Å². The van der Waals surface area contributed by atoms with Gasteiger partial charge in [0.2, 0.25) is 11.8 Å². The van der Waals surface area contributed by atoms with Gasteiger partial charge in [-0.25, -0.2) is 0 Å². The van der Waals surface area contributed by atoms with Gasteiger partial charge in [0, 0.05) is 17.4 Å². The largest absolute Gasteiger partial charge is 0.295 e. The Bertz CT molecular complexity index is 1820. The molecule has 43 heavy (non-hydrogen) atoms. The second kappa shape index (κ2) is 7.68. The van der Waals surface area contributed by atoms with Crippen molar-refractivity contribution in [2.75, 3.05) is 18.0 Å². The number of imide groups is 1. The number of nitrogens with one attached hydrogen (secondary N) is 1. The summed E-state index contributed by atoms with van der Waals surface area (Å²) in [6, 6.07) is 9.39. The summed E-state index contributed by atoms with van der Waals surface area (Å²) in [5.74, 6) is 2.46. The summed E-state index contributed by atoms with van der Waals surface area (Å²) in [5.41, 5.74) is 3.73. The van der Waals surface area contributed by atoms with E-state index in [1.807, 2.05) is 36.5 Å². The molecule has 7 heterocycles. The van der Waals surface area contributed by atoms with Crippen LogP contribution in [-0.2, 0) is 20.8 Å². The van der Waals surface area contributed by atoms with Crippen molar-refractivity contribution in [1.82, 2.24) is 20.0 Å². The van der Waals surface area contributed by atoms with Crippen molar-refractivity contribution in [2.24, 2.45) is 23.2 Å². The first-order valence-corrected chi connectivity index (χ1v) is 19.4. The summed E-state index contributed by atoms with van der Waals surface area (Å²) in [5, 5.41) is 9.02. The standard InChI is InChI=1S/C33H30IN5O4/c40-22-7-6-21(30(41)36-22)39-20-5-4-16(18-2-1-3-19(23(18)20)31(39)42)12-15-13-35-38(14-15)17-8-10-37(11-9-17)32(43)33-26-24-27-25(26)29(33)34(27)28(24)33/h1-5,13-14,17,21,24-29H,6-12H2,(H,36,40,41). The maximum atomic E-state index is 13.6. The number of carbonyl (C=O) groups is 4. The number of hydrogen-bond donors (Lipinski definition) is 1.